The number of benzene rings is 3. The van der Waals surface area contributed by atoms with E-state index in [2.05, 4.69) is 5.32 Å². The monoisotopic (exact) mass is 557 g/mol. The van der Waals surface area contributed by atoms with Crippen LogP contribution in [0.4, 0.5) is 5.69 Å². The highest BCUT2D eigenvalue weighted by atomic mass is 35.5. The molecule has 0 radical (unpaired) electrons. The highest BCUT2D eigenvalue weighted by Gasteiger charge is 2.15. The number of ketones is 1. The van der Waals surface area contributed by atoms with Gasteiger partial charge in [-0.15, -0.1) is 0 Å². The molecule has 1 N–H and O–H groups in total. The lowest BCUT2D eigenvalue weighted by Gasteiger charge is -2.12. The molecule has 0 spiro atoms. The fraction of sp³-hybridized carbons (Fsp3) is 0.179. The second-order valence-electron chi connectivity index (χ2n) is 7.94. The molecular weight excluding hydrogens is 530 g/mol. The summed E-state index contributed by atoms with van der Waals surface area (Å²) >= 11 is 5.87. The van der Waals surface area contributed by atoms with Crippen molar-refractivity contribution in [1.29, 1.82) is 0 Å². The van der Waals surface area contributed by atoms with Gasteiger partial charge in [0.1, 0.15) is 23.0 Å². The predicted octanol–water partition coefficient (Wildman–Crippen LogP) is 5.77. The maximum atomic E-state index is 12.9. The molecule has 0 aromatic heterocycles. The summed E-state index contributed by atoms with van der Waals surface area (Å²) in [6.07, 6.45) is 4.26. The molecule has 0 amide bonds. The number of rotatable bonds is 12. The normalized spacial score (nSPS) is 11.5. The lowest BCUT2D eigenvalue weighted by Crippen LogP contribution is -2.02. The zero-order valence-corrected chi connectivity index (χ0v) is 22.9. The van der Waals surface area contributed by atoms with Crippen LogP contribution >= 0.6 is 11.6 Å². The molecule has 0 fully saturated rings. The summed E-state index contributed by atoms with van der Waals surface area (Å²) in [5.41, 5.74) is 1.97. The fourth-order valence-electron chi connectivity index (χ4n) is 3.52. The van der Waals surface area contributed by atoms with Crippen LogP contribution in [0.25, 0.3) is 6.08 Å². The molecule has 3 aromatic rings. The molecular formula is C28H28ClNO7S. The average molecular weight is 558 g/mol. The molecule has 0 aliphatic heterocycles. The Morgan fingerprint density at radius 1 is 0.868 bits per heavy atom. The van der Waals surface area contributed by atoms with Crippen LogP contribution in [-0.2, 0) is 15.6 Å². The van der Waals surface area contributed by atoms with Crippen LogP contribution in [0.2, 0.25) is 5.02 Å². The average Bonchev–Trinajstić information content (AvgIpc) is 2.91. The molecule has 0 saturated heterocycles. The first-order chi connectivity index (χ1) is 18.2. The summed E-state index contributed by atoms with van der Waals surface area (Å²) in [5, 5.41) is 4.64. The number of anilines is 1. The summed E-state index contributed by atoms with van der Waals surface area (Å²) in [5.74, 6) is 1.32. The topological polar surface area (TPSA) is 100 Å². The third kappa shape index (κ3) is 7.53. The molecule has 38 heavy (non-hydrogen) atoms. The van der Waals surface area contributed by atoms with Crippen molar-refractivity contribution in [1.82, 2.24) is 0 Å². The van der Waals surface area contributed by atoms with Crippen molar-refractivity contribution in [3.05, 3.63) is 94.0 Å². The van der Waals surface area contributed by atoms with Crippen LogP contribution < -0.4 is 24.3 Å². The number of hydrogen-bond donors (Lipinski definition) is 1. The zero-order valence-electron chi connectivity index (χ0n) is 21.4. The van der Waals surface area contributed by atoms with Gasteiger partial charge in [0.25, 0.3) is 0 Å². The van der Waals surface area contributed by atoms with Crippen molar-refractivity contribution < 1.29 is 32.2 Å². The first kappa shape index (κ1) is 28.6. The Bertz CT molecular complexity index is 1420. The SMILES string of the molecule is COc1cc(OC)c(/C=C/S(=O)(=O)Cc2ccc(OC)c(N/C=C\C(=O)c3ccc(Cl)cc3)c2)c(OC)c1. The predicted molar refractivity (Wildman–Crippen MR) is 149 cm³/mol. The van der Waals surface area contributed by atoms with Gasteiger partial charge < -0.3 is 24.3 Å². The number of nitrogens with one attached hydrogen (secondary N) is 1. The lowest BCUT2D eigenvalue weighted by atomic mass is 10.1. The third-order valence-electron chi connectivity index (χ3n) is 5.43. The zero-order chi connectivity index (χ0) is 27.7. The Morgan fingerprint density at radius 3 is 2.08 bits per heavy atom. The number of allylic oxidation sites excluding steroid dienone is 1. The number of sulfone groups is 1. The molecule has 0 aliphatic carbocycles. The van der Waals surface area contributed by atoms with Gasteiger partial charge in [-0.3, -0.25) is 4.79 Å². The van der Waals surface area contributed by atoms with Crippen LogP contribution in [0.5, 0.6) is 23.0 Å². The second kappa shape index (κ2) is 13.0. The Labute approximate surface area is 227 Å². The summed E-state index contributed by atoms with van der Waals surface area (Å²) in [6.45, 7) is 0. The molecule has 0 unspecified atom stereocenters. The molecule has 200 valence electrons. The molecule has 0 saturated carbocycles. The molecule has 0 aliphatic rings. The van der Waals surface area contributed by atoms with E-state index < -0.39 is 9.84 Å². The first-order valence-corrected chi connectivity index (χ1v) is 13.4. The van der Waals surface area contributed by atoms with Crippen molar-refractivity contribution in [3.8, 4) is 23.0 Å². The first-order valence-electron chi connectivity index (χ1n) is 11.3. The maximum Gasteiger partial charge on any atom is 0.187 e. The minimum Gasteiger partial charge on any atom is -0.496 e. The van der Waals surface area contributed by atoms with Gasteiger partial charge in [-0.2, -0.15) is 0 Å². The van der Waals surface area contributed by atoms with Gasteiger partial charge in [-0.05, 0) is 48.0 Å². The number of carbonyl (C=O) groups is 1. The standard InChI is InChI=1S/C28H28ClNO7S/c1-34-22-16-27(36-3)23(28(17-22)37-4)12-14-38(32,33)18-19-5-10-26(35-2)24(15-19)30-13-11-25(31)20-6-8-21(29)9-7-20/h5-17,30H,18H2,1-4H3/b13-11-,14-12+. The van der Waals surface area contributed by atoms with E-state index in [9.17, 15) is 13.2 Å². The van der Waals surface area contributed by atoms with Gasteiger partial charge in [0, 0.05) is 40.4 Å². The summed E-state index contributed by atoms with van der Waals surface area (Å²) in [4.78, 5) is 12.4. The Morgan fingerprint density at radius 2 is 1.50 bits per heavy atom. The minimum absolute atomic E-state index is 0.221. The molecule has 3 rings (SSSR count). The number of carbonyl (C=O) groups excluding carboxylic acids is 1. The molecule has 0 heterocycles. The van der Waals surface area contributed by atoms with Gasteiger partial charge in [0.15, 0.2) is 15.6 Å². The summed E-state index contributed by atoms with van der Waals surface area (Å²) in [7, 11) is 2.28. The second-order valence-corrected chi connectivity index (χ2v) is 10.3. The smallest absolute Gasteiger partial charge is 0.187 e. The fourth-order valence-corrected chi connectivity index (χ4v) is 4.73. The van der Waals surface area contributed by atoms with Crippen LogP contribution in [0.1, 0.15) is 21.5 Å². The molecule has 0 bridgehead atoms. The van der Waals surface area contributed by atoms with E-state index >= 15 is 0 Å². The minimum atomic E-state index is -3.68. The number of hydrogen-bond acceptors (Lipinski definition) is 8. The van der Waals surface area contributed by atoms with E-state index in [-0.39, 0.29) is 11.5 Å². The molecule has 8 nitrogen and oxygen atoms in total. The van der Waals surface area contributed by atoms with Crippen molar-refractivity contribution in [2.45, 2.75) is 5.75 Å². The van der Waals surface area contributed by atoms with Crippen molar-refractivity contribution in [2.75, 3.05) is 33.8 Å². The maximum absolute atomic E-state index is 12.9. The Balaban J connectivity index is 1.78. The van der Waals surface area contributed by atoms with Gasteiger partial charge in [0.2, 0.25) is 0 Å². The van der Waals surface area contributed by atoms with Crippen molar-refractivity contribution in [2.24, 2.45) is 0 Å². The number of methoxy groups -OCH3 is 4. The Hall–Kier alpha value is -3.95. The van der Waals surface area contributed by atoms with E-state index in [1.54, 1.807) is 54.6 Å². The number of halogens is 1. The van der Waals surface area contributed by atoms with E-state index in [4.69, 9.17) is 30.5 Å². The lowest BCUT2D eigenvalue weighted by molar-refractivity contribution is 0.104. The summed E-state index contributed by atoms with van der Waals surface area (Å²) < 4.78 is 47.2. The van der Waals surface area contributed by atoms with E-state index in [0.29, 0.717) is 50.4 Å². The van der Waals surface area contributed by atoms with Gasteiger partial charge in [0.05, 0.1) is 45.4 Å². The van der Waals surface area contributed by atoms with Gasteiger partial charge >= 0.3 is 0 Å². The molecule has 3 aromatic carbocycles. The van der Waals surface area contributed by atoms with Gasteiger partial charge in [-0.1, -0.05) is 17.7 Å². The van der Waals surface area contributed by atoms with Crippen LogP contribution in [0.15, 0.2) is 72.3 Å². The van der Waals surface area contributed by atoms with Crippen LogP contribution in [0, 0.1) is 0 Å². The van der Waals surface area contributed by atoms with E-state index in [1.165, 1.54) is 46.8 Å². The highest BCUT2D eigenvalue weighted by molar-refractivity contribution is 7.93. The largest absolute Gasteiger partial charge is 0.496 e. The van der Waals surface area contributed by atoms with Crippen molar-refractivity contribution >= 4 is 39.0 Å². The summed E-state index contributed by atoms with van der Waals surface area (Å²) in [6, 6.07) is 14.8. The highest BCUT2D eigenvalue weighted by Crippen LogP contribution is 2.35. The quantitative estimate of drug-likeness (QED) is 0.221. The van der Waals surface area contributed by atoms with Crippen LogP contribution in [-0.4, -0.2) is 42.6 Å². The molecule has 10 heteroatoms. The van der Waals surface area contributed by atoms with E-state index in [0.717, 1.165) is 5.41 Å². The third-order valence-corrected chi connectivity index (χ3v) is 6.97. The van der Waals surface area contributed by atoms with Gasteiger partial charge in [-0.25, -0.2) is 8.42 Å². The van der Waals surface area contributed by atoms with E-state index in [1.807, 2.05) is 0 Å². The van der Waals surface area contributed by atoms with Crippen LogP contribution in [0.3, 0.4) is 0 Å². The van der Waals surface area contributed by atoms with Crippen molar-refractivity contribution in [3.63, 3.8) is 0 Å². The molecule has 0 atom stereocenters. The number of ether oxygens (including phenoxy) is 4. The Kier molecular flexibility index (Phi) is 9.81.